The molecule has 3 rings (SSSR count). The van der Waals surface area contributed by atoms with Gasteiger partial charge in [0.1, 0.15) is 11.3 Å². The van der Waals surface area contributed by atoms with Crippen LogP contribution in [0.1, 0.15) is 16.1 Å². The summed E-state index contributed by atoms with van der Waals surface area (Å²) in [5, 5.41) is 14.4. The molecule has 2 N–H and O–H groups in total. The summed E-state index contributed by atoms with van der Waals surface area (Å²) in [5.74, 6) is -0.362. The molecule has 0 unspecified atom stereocenters. The van der Waals surface area contributed by atoms with Crippen LogP contribution in [0.2, 0.25) is 5.02 Å². The highest BCUT2D eigenvalue weighted by Crippen LogP contribution is 2.32. The summed E-state index contributed by atoms with van der Waals surface area (Å²) in [6.45, 7) is 0. The van der Waals surface area contributed by atoms with Crippen molar-refractivity contribution in [2.75, 3.05) is 0 Å². The van der Waals surface area contributed by atoms with E-state index in [0.717, 1.165) is 9.86 Å². The lowest BCUT2D eigenvalue weighted by atomic mass is 10.2. The molecule has 0 atom stereocenters. The van der Waals surface area contributed by atoms with Crippen LogP contribution in [0.5, 0.6) is 5.75 Å². The molecule has 0 radical (unpaired) electrons. The van der Waals surface area contributed by atoms with Crippen molar-refractivity contribution in [3.8, 4) is 5.75 Å². The Kier molecular flexibility index (Phi) is 4.93. The van der Waals surface area contributed by atoms with Gasteiger partial charge in [0.15, 0.2) is 5.76 Å². The number of aromatic hydroxyl groups is 1. The molecular formula is C16H9Br2ClN2O3. The number of carbonyl (C=O) groups excluding carboxylic acids is 1. The molecule has 1 amide bonds. The van der Waals surface area contributed by atoms with Gasteiger partial charge in [-0.3, -0.25) is 4.79 Å². The van der Waals surface area contributed by atoms with Crippen LogP contribution in [0.15, 0.2) is 54.9 Å². The van der Waals surface area contributed by atoms with Crippen LogP contribution in [0, 0.1) is 0 Å². The average molecular weight is 473 g/mol. The van der Waals surface area contributed by atoms with Crippen LogP contribution in [0.4, 0.5) is 0 Å². The molecule has 5 nitrogen and oxygen atoms in total. The van der Waals surface area contributed by atoms with Crippen molar-refractivity contribution >= 4 is 66.6 Å². The second kappa shape index (κ2) is 6.96. The van der Waals surface area contributed by atoms with Crippen molar-refractivity contribution in [2.45, 2.75) is 0 Å². The van der Waals surface area contributed by atoms with Gasteiger partial charge in [-0.05, 0) is 57.9 Å². The molecular weight excluding hydrogens is 463 g/mol. The lowest BCUT2D eigenvalue weighted by Gasteiger charge is -2.01. The summed E-state index contributed by atoms with van der Waals surface area (Å²) in [5.41, 5.74) is 3.60. The first-order valence-corrected chi connectivity index (χ1v) is 8.61. The van der Waals surface area contributed by atoms with Crippen molar-refractivity contribution in [1.82, 2.24) is 5.43 Å². The third-order valence-electron chi connectivity index (χ3n) is 3.12. The Morgan fingerprint density at radius 3 is 2.79 bits per heavy atom. The van der Waals surface area contributed by atoms with Crippen LogP contribution >= 0.6 is 43.5 Å². The van der Waals surface area contributed by atoms with Crippen molar-refractivity contribution in [2.24, 2.45) is 5.10 Å². The number of hydrogen-bond acceptors (Lipinski definition) is 4. The van der Waals surface area contributed by atoms with Gasteiger partial charge in [-0.1, -0.05) is 27.5 Å². The van der Waals surface area contributed by atoms with Crippen molar-refractivity contribution in [3.63, 3.8) is 0 Å². The van der Waals surface area contributed by atoms with Gasteiger partial charge in [-0.2, -0.15) is 5.10 Å². The first-order chi connectivity index (χ1) is 11.4. The Bertz CT molecular complexity index is 946. The van der Waals surface area contributed by atoms with Gasteiger partial charge in [-0.15, -0.1) is 0 Å². The maximum Gasteiger partial charge on any atom is 0.307 e. The number of hydrogen-bond donors (Lipinski definition) is 2. The number of amides is 1. The summed E-state index contributed by atoms with van der Waals surface area (Å²) in [4.78, 5) is 12.1. The number of fused-ring (bicyclic) bond motifs is 1. The molecule has 0 spiro atoms. The first-order valence-electron chi connectivity index (χ1n) is 6.64. The highest BCUT2D eigenvalue weighted by atomic mass is 79.9. The Hall–Kier alpha value is -1.83. The van der Waals surface area contributed by atoms with E-state index in [2.05, 4.69) is 42.4 Å². The summed E-state index contributed by atoms with van der Waals surface area (Å²) >= 11 is 12.4. The minimum Gasteiger partial charge on any atom is -0.505 e. The second-order valence-corrected chi connectivity index (χ2v) is 7.00. The molecule has 1 heterocycles. The van der Waals surface area contributed by atoms with Crippen LogP contribution in [0.25, 0.3) is 11.0 Å². The standard InChI is InChI=1S/C16H9Br2ClN2O3/c17-10-1-2-13-9(5-10)6-14(24-13)16(23)21-20-7-8-3-11(18)15(22)12(19)4-8/h1-7,22H,(H,21,23)/b20-7+. The number of furan rings is 1. The van der Waals surface area contributed by atoms with Crippen LogP contribution in [0.3, 0.4) is 0 Å². The molecule has 0 aliphatic carbocycles. The quantitative estimate of drug-likeness (QED) is 0.412. The maximum absolute atomic E-state index is 12.1. The molecule has 0 bridgehead atoms. The Labute approximate surface area is 158 Å². The highest BCUT2D eigenvalue weighted by molar-refractivity contribution is 9.10. The number of hydrazone groups is 1. The predicted octanol–water partition coefficient (Wildman–Crippen LogP) is 5.08. The summed E-state index contributed by atoms with van der Waals surface area (Å²) in [6, 6.07) is 10.2. The van der Waals surface area contributed by atoms with Crippen LogP contribution in [-0.2, 0) is 0 Å². The van der Waals surface area contributed by atoms with E-state index in [9.17, 15) is 9.90 Å². The van der Waals surface area contributed by atoms with Gasteiger partial charge in [0.2, 0.25) is 0 Å². The van der Waals surface area contributed by atoms with E-state index in [1.807, 2.05) is 12.1 Å². The highest BCUT2D eigenvalue weighted by Gasteiger charge is 2.12. The molecule has 2 aromatic carbocycles. The number of phenols is 1. The van der Waals surface area contributed by atoms with E-state index < -0.39 is 5.91 Å². The predicted molar refractivity (Wildman–Crippen MR) is 99.8 cm³/mol. The zero-order valence-electron chi connectivity index (χ0n) is 11.9. The van der Waals surface area contributed by atoms with Gasteiger partial charge < -0.3 is 9.52 Å². The SMILES string of the molecule is O=C(N/N=C/c1cc(Cl)c(O)c(Br)c1)c1cc2cc(Br)ccc2o1. The van der Waals surface area contributed by atoms with Crippen LogP contribution in [-0.4, -0.2) is 17.2 Å². The summed E-state index contributed by atoms with van der Waals surface area (Å²) in [6.07, 6.45) is 1.41. The molecule has 0 saturated carbocycles. The third-order valence-corrected chi connectivity index (χ3v) is 4.51. The number of carbonyl (C=O) groups is 1. The summed E-state index contributed by atoms with van der Waals surface area (Å²) in [7, 11) is 0. The molecule has 0 aliphatic heterocycles. The van der Waals surface area contributed by atoms with E-state index in [-0.39, 0.29) is 16.5 Å². The normalized spacial score (nSPS) is 11.3. The summed E-state index contributed by atoms with van der Waals surface area (Å²) < 4.78 is 6.81. The largest absolute Gasteiger partial charge is 0.505 e. The fourth-order valence-corrected chi connectivity index (χ4v) is 3.20. The molecule has 0 fully saturated rings. The van der Waals surface area contributed by atoms with Gasteiger partial charge in [0.25, 0.3) is 0 Å². The second-order valence-electron chi connectivity index (χ2n) is 4.83. The van der Waals surface area contributed by atoms with Crippen molar-refractivity contribution < 1.29 is 14.3 Å². The van der Waals surface area contributed by atoms with Crippen LogP contribution < -0.4 is 5.43 Å². The lowest BCUT2D eigenvalue weighted by Crippen LogP contribution is -2.16. The van der Waals surface area contributed by atoms with E-state index in [1.54, 1.807) is 18.2 Å². The van der Waals surface area contributed by atoms with E-state index in [4.69, 9.17) is 16.0 Å². The molecule has 122 valence electrons. The molecule has 3 aromatic rings. The van der Waals surface area contributed by atoms with Gasteiger partial charge >= 0.3 is 5.91 Å². The van der Waals surface area contributed by atoms with Crippen molar-refractivity contribution in [1.29, 1.82) is 0 Å². The topological polar surface area (TPSA) is 74.8 Å². The number of halogens is 3. The van der Waals surface area contributed by atoms with E-state index in [1.165, 1.54) is 12.3 Å². The van der Waals surface area contributed by atoms with E-state index in [0.29, 0.717) is 15.6 Å². The zero-order valence-corrected chi connectivity index (χ0v) is 15.8. The Balaban J connectivity index is 1.74. The monoisotopic (exact) mass is 470 g/mol. The third kappa shape index (κ3) is 3.63. The minimum atomic E-state index is -0.470. The fourth-order valence-electron chi connectivity index (χ4n) is 2.01. The Morgan fingerprint density at radius 1 is 1.25 bits per heavy atom. The fraction of sp³-hybridized carbons (Fsp3) is 0. The zero-order chi connectivity index (χ0) is 17.3. The Morgan fingerprint density at radius 2 is 2.04 bits per heavy atom. The maximum atomic E-state index is 12.1. The number of nitrogens with one attached hydrogen (secondary N) is 1. The smallest absolute Gasteiger partial charge is 0.307 e. The number of rotatable bonds is 3. The minimum absolute atomic E-state index is 0.0497. The van der Waals surface area contributed by atoms with Gasteiger partial charge in [0.05, 0.1) is 15.7 Å². The van der Waals surface area contributed by atoms with Crippen molar-refractivity contribution in [3.05, 3.63) is 61.7 Å². The number of benzene rings is 2. The van der Waals surface area contributed by atoms with E-state index >= 15 is 0 Å². The molecule has 0 aliphatic rings. The number of nitrogens with zero attached hydrogens (tertiary/aromatic N) is 1. The van der Waals surface area contributed by atoms with Gasteiger partial charge in [0, 0.05) is 9.86 Å². The molecule has 8 heteroatoms. The first kappa shape index (κ1) is 17.0. The lowest BCUT2D eigenvalue weighted by molar-refractivity contribution is 0.0929. The molecule has 24 heavy (non-hydrogen) atoms. The molecule has 0 saturated heterocycles. The van der Waals surface area contributed by atoms with Gasteiger partial charge in [-0.25, -0.2) is 5.43 Å². The average Bonchev–Trinajstić information content (AvgIpc) is 2.95. The number of phenolic OH excluding ortho intramolecular Hbond substituents is 1. The molecule has 1 aromatic heterocycles.